The zero-order valence-electron chi connectivity index (χ0n) is 15.2. The van der Waals surface area contributed by atoms with Crippen molar-refractivity contribution in [3.63, 3.8) is 0 Å². The van der Waals surface area contributed by atoms with Crippen LogP contribution in [-0.4, -0.2) is 58.9 Å². The Hall–Kier alpha value is -1.11. The fourth-order valence-corrected chi connectivity index (χ4v) is 4.43. The lowest BCUT2D eigenvalue weighted by Crippen LogP contribution is -2.47. The summed E-state index contributed by atoms with van der Waals surface area (Å²) in [5, 5.41) is 3.03. The molecule has 2 fully saturated rings. The first-order valence-corrected chi connectivity index (χ1v) is 10.3. The molecule has 0 radical (unpaired) electrons. The van der Waals surface area contributed by atoms with E-state index in [1.807, 2.05) is 12.1 Å². The van der Waals surface area contributed by atoms with Crippen LogP contribution in [0.3, 0.4) is 0 Å². The second kappa shape index (κ2) is 8.52. The summed E-state index contributed by atoms with van der Waals surface area (Å²) in [7, 11) is 0. The summed E-state index contributed by atoms with van der Waals surface area (Å²) in [4.78, 5) is 19.6. The second-order valence-corrected chi connectivity index (χ2v) is 8.42. The molecule has 3 heterocycles. The maximum absolute atomic E-state index is 12.0. The predicted molar refractivity (Wildman–Crippen MR) is 101 cm³/mol. The molecule has 2 aliphatic heterocycles. The molecule has 0 aromatic carbocycles. The molecule has 1 spiro atoms. The van der Waals surface area contributed by atoms with Crippen molar-refractivity contribution < 1.29 is 9.53 Å². The summed E-state index contributed by atoms with van der Waals surface area (Å²) >= 11 is 1.54. The average Bonchev–Trinajstić information content (AvgIpc) is 3.02. The van der Waals surface area contributed by atoms with E-state index in [0.717, 1.165) is 43.7 Å². The van der Waals surface area contributed by atoms with Crippen LogP contribution in [0, 0.1) is 0 Å². The number of nitrogens with one attached hydrogen (secondary N) is 1. The lowest BCUT2D eigenvalue weighted by molar-refractivity contribution is -0.120. The first-order valence-electron chi connectivity index (χ1n) is 9.28. The Bertz CT molecular complexity index is 559. The molecule has 6 heteroatoms. The van der Waals surface area contributed by atoms with Gasteiger partial charge in [-0.15, -0.1) is 11.8 Å². The molecule has 1 aromatic rings. The van der Waals surface area contributed by atoms with Crippen LogP contribution >= 0.6 is 11.8 Å². The highest BCUT2D eigenvalue weighted by Crippen LogP contribution is 2.39. The number of carbonyl (C=O) groups is 1. The number of nitrogens with zero attached hydrogens (tertiary/aromatic N) is 2. The number of pyridine rings is 1. The quantitative estimate of drug-likeness (QED) is 0.788. The van der Waals surface area contributed by atoms with Gasteiger partial charge in [-0.1, -0.05) is 0 Å². The number of carbonyl (C=O) groups excluding carboxylic acids is 1. The minimum absolute atomic E-state index is 0.0621. The lowest BCUT2D eigenvalue weighted by atomic mass is 9.88. The van der Waals surface area contributed by atoms with E-state index < -0.39 is 0 Å². The van der Waals surface area contributed by atoms with Crippen LogP contribution in [0.25, 0.3) is 0 Å². The van der Waals surface area contributed by atoms with Gasteiger partial charge in [0.1, 0.15) is 0 Å². The third-order valence-corrected chi connectivity index (χ3v) is 6.34. The van der Waals surface area contributed by atoms with Gasteiger partial charge >= 0.3 is 0 Å². The molecule has 2 aliphatic rings. The monoisotopic (exact) mass is 363 g/mol. The molecule has 138 valence electrons. The molecule has 1 amide bonds. The first-order chi connectivity index (χ1) is 12.1. The molecule has 1 N–H and O–H groups in total. The Morgan fingerprint density at radius 3 is 2.76 bits per heavy atom. The van der Waals surface area contributed by atoms with Crippen molar-refractivity contribution in [2.75, 3.05) is 25.4 Å². The summed E-state index contributed by atoms with van der Waals surface area (Å²) in [5.41, 5.74) is 0.0621. The number of likely N-dealkylation sites (tertiary alicyclic amines) is 1. The molecule has 1 atom stereocenters. The largest absolute Gasteiger partial charge is 0.370 e. The number of piperidine rings is 1. The fraction of sp³-hybridized carbons (Fsp3) is 0.684. The van der Waals surface area contributed by atoms with Gasteiger partial charge in [0.15, 0.2) is 0 Å². The number of hydrogen-bond acceptors (Lipinski definition) is 5. The number of aromatic nitrogens is 1. The van der Waals surface area contributed by atoms with E-state index >= 15 is 0 Å². The molecule has 0 bridgehead atoms. The summed E-state index contributed by atoms with van der Waals surface area (Å²) in [6, 6.07) is 4.46. The van der Waals surface area contributed by atoms with Gasteiger partial charge in [-0.3, -0.25) is 9.78 Å². The zero-order valence-corrected chi connectivity index (χ0v) is 16.1. The molecule has 2 saturated heterocycles. The summed E-state index contributed by atoms with van der Waals surface area (Å²) < 4.78 is 6.37. The van der Waals surface area contributed by atoms with Gasteiger partial charge in [0.05, 0.1) is 17.5 Å². The van der Waals surface area contributed by atoms with Crippen LogP contribution in [0.1, 0.15) is 39.5 Å². The number of thioether (sulfide) groups is 1. The van der Waals surface area contributed by atoms with Gasteiger partial charge in [0.2, 0.25) is 5.91 Å². The normalized spacial score (nSPS) is 23.2. The number of rotatable bonds is 6. The Balaban J connectivity index is 1.36. The molecule has 25 heavy (non-hydrogen) atoms. The van der Waals surface area contributed by atoms with Crippen molar-refractivity contribution in [1.29, 1.82) is 0 Å². The zero-order chi connectivity index (χ0) is 17.7. The average molecular weight is 364 g/mol. The highest BCUT2D eigenvalue weighted by Gasteiger charge is 2.42. The molecule has 5 nitrogen and oxygen atoms in total. The number of hydrogen-bond donors (Lipinski definition) is 1. The van der Waals surface area contributed by atoms with Gasteiger partial charge < -0.3 is 15.0 Å². The van der Waals surface area contributed by atoms with Gasteiger partial charge in [-0.2, -0.15) is 0 Å². The van der Waals surface area contributed by atoms with Gasteiger partial charge in [-0.05, 0) is 51.7 Å². The lowest BCUT2D eigenvalue weighted by Gasteiger charge is -2.40. The molecular formula is C19H29N3O2S. The number of amides is 1. The van der Waals surface area contributed by atoms with E-state index in [1.165, 1.54) is 11.8 Å². The fourth-order valence-electron chi connectivity index (χ4n) is 3.72. The van der Waals surface area contributed by atoms with Crippen LogP contribution < -0.4 is 5.32 Å². The summed E-state index contributed by atoms with van der Waals surface area (Å²) in [5.74, 6) is 0.506. The van der Waals surface area contributed by atoms with Crippen molar-refractivity contribution in [2.24, 2.45) is 0 Å². The van der Waals surface area contributed by atoms with Crippen molar-refractivity contribution in [2.45, 2.75) is 62.2 Å². The van der Waals surface area contributed by atoms with E-state index in [4.69, 9.17) is 4.74 Å². The third kappa shape index (κ3) is 5.19. The highest BCUT2D eigenvalue weighted by atomic mass is 32.2. The third-order valence-electron chi connectivity index (χ3n) is 5.32. The van der Waals surface area contributed by atoms with E-state index in [1.54, 1.807) is 12.4 Å². The van der Waals surface area contributed by atoms with Crippen LogP contribution in [-0.2, 0) is 9.53 Å². The second-order valence-electron chi connectivity index (χ2n) is 7.37. The predicted octanol–water partition coefficient (Wildman–Crippen LogP) is 2.71. The molecule has 1 unspecified atom stereocenters. The van der Waals surface area contributed by atoms with Crippen molar-refractivity contribution in [3.05, 3.63) is 24.5 Å². The Kier molecular flexibility index (Phi) is 6.36. The standard InChI is InChI=1S/C19H29N3O2S/c1-15(2)22-11-7-19(8-12-22)6-3-16(24-19)13-21-18(23)14-25-17-4-9-20-10-5-17/h4-5,9-10,15-16H,3,6-8,11-14H2,1-2H3,(H,21,23). The Morgan fingerprint density at radius 2 is 2.08 bits per heavy atom. The molecule has 0 aliphatic carbocycles. The maximum atomic E-state index is 12.0. The topological polar surface area (TPSA) is 54.5 Å². The van der Waals surface area contributed by atoms with E-state index in [-0.39, 0.29) is 17.6 Å². The van der Waals surface area contributed by atoms with Crippen molar-refractivity contribution in [1.82, 2.24) is 15.2 Å². The van der Waals surface area contributed by atoms with Crippen molar-refractivity contribution >= 4 is 17.7 Å². The minimum Gasteiger partial charge on any atom is -0.370 e. The molecular weight excluding hydrogens is 334 g/mol. The molecule has 1 aromatic heterocycles. The van der Waals surface area contributed by atoms with E-state index in [0.29, 0.717) is 18.3 Å². The highest BCUT2D eigenvalue weighted by molar-refractivity contribution is 8.00. The molecule has 0 saturated carbocycles. The van der Waals surface area contributed by atoms with Gasteiger partial charge in [-0.25, -0.2) is 0 Å². The maximum Gasteiger partial charge on any atom is 0.230 e. The van der Waals surface area contributed by atoms with Crippen LogP contribution in [0.4, 0.5) is 0 Å². The van der Waals surface area contributed by atoms with E-state index in [9.17, 15) is 4.79 Å². The van der Waals surface area contributed by atoms with Crippen molar-refractivity contribution in [3.8, 4) is 0 Å². The molecule has 3 rings (SSSR count). The Morgan fingerprint density at radius 1 is 1.36 bits per heavy atom. The van der Waals surface area contributed by atoms with Gasteiger partial charge in [0, 0.05) is 43.0 Å². The van der Waals surface area contributed by atoms with Crippen LogP contribution in [0.2, 0.25) is 0 Å². The van der Waals surface area contributed by atoms with Crippen LogP contribution in [0.15, 0.2) is 29.4 Å². The summed E-state index contributed by atoms with van der Waals surface area (Å²) in [6.07, 6.45) is 8.08. The smallest absolute Gasteiger partial charge is 0.230 e. The Labute approximate surface area is 154 Å². The van der Waals surface area contributed by atoms with Crippen LogP contribution in [0.5, 0.6) is 0 Å². The van der Waals surface area contributed by atoms with E-state index in [2.05, 4.69) is 29.0 Å². The number of ether oxygens (including phenoxy) is 1. The van der Waals surface area contributed by atoms with Gasteiger partial charge in [0.25, 0.3) is 0 Å². The SMILES string of the molecule is CC(C)N1CCC2(CCC(CNC(=O)CSc3ccncc3)O2)CC1. The first kappa shape index (κ1) is 18.7. The summed E-state index contributed by atoms with van der Waals surface area (Å²) in [6.45, 7) is 7.40. The minimum atomic E-state index is 0.0621.